The van der Waals surface area contributed by atoms with E-state index in [4.69, 9.17) is 4.74 Å². The molecule has 3 fully saturated rings. The van der Waals surface area contributed by atoms with Gasteiger partial charge in [-0.05, 0) is 62.0 Å². The summed E-state index contributed by atoms with van der Waals surface area (Å²) in [6, 6.07) is 5.38. The topological polar surface area (TPSA) is 49.8 Å². The number of allylic oxidation sites excluding steroid dienone is 1. The lowest BCUT2D eigenvalue weighted by Gasteiger charge is -2.50. The molecule has 4 rings (SSSR count). The molecule has 0 saturated carbocycles. The smallest absolute Gasteiger partial charge is 0.150 e. The third-order valence-corrected chi connectivity index (χ3v) is 4.91. The van der Waals surface area contributed by atoms with Gasteiger partial charge in [-0.15, -0.1) is 6.58 Å². The molecule has 1 N–H and O–H groups in total. The molecule has 1 atom stereocenters. The van der Waals surface area contributed by atoms with Gasteiger partial charge in [-0.2, -0.15) is 0 Å². The van der Waals surface area contributed by atoms with E-state index in [0.717, 1.165) is 43.5 Å². The molecule has 4 nitrogen and oxygen atoms in total. The number of aliphatic hydroxyl groups is 1. The summed E-state index contributed by atoms with van der Waals surface area (Å²) in [5.74, 6) is 1.06. The molecule has 0 radical (unpaired) electrons. The van der Waals surface area contributed by atoms with Gasteiger partial charge in [0.05, 0.1) is 0 Å². The lowest BCUT2D eigenvalue weighted by molar-refractivity contribution is -0.131. The maximum absolute atomic E-state index is 10.9. The van der Waals surface area contributed by atoms with Crippen LogP contribution in [0.2, 0.25) is 0 Å². The van der Waals surface area contributed by atoms with Gasteiger partial charge in [0.1, 0.15) is 24.2 Å². The summed E-state index contributed by atoms with van der Waals surface area (Å²) in [6.07, 6.45) is 5.36. The Morgan fingerprint density at radius 1 is 1.41 bits per heavy atom. The lowest BCUT2D eigenvalue weighted by Crippen LogP contribution is -2.61. The Hall–Kier alpha value is -1.65. The van der Waals surface area contributed by atoms with E-state index >= 15 is 0 Å². The molecule has 0 spiro atoms. The number of aldehydes is 1. The summed E-state index contributed by atoms with van der Waals surface area (Å²) in [5, 5.41) is 10.9. The van der Waals surface area contributed by atoms with Gasteiger partial charge in [0.25, 0.3) is 0 Å². The fraction of sp³-hybridized carbons (Fsp3) is 0.500. The number of benzene rings is 1. The van der Waals surface area contributed by atoms with Gasteiger partial charge in [-0.25, -0.2) is 0 Å². The molecule has 1 unspecified atom stereocenters. The molecular formula is C18H23NO3. The molecule has 3 heterocycles. The molecule has 2 bridgehead atoms. The van der Waals surface area contributed by atoms with Crippen LogP contribution in [0.1, 0.15) is 28.8 Å². The predicted molar refractivity (Wildman–Crippen MR) is 85.3 cm³/mol. The largest absolute Gasteiger partial charge is 0.490 e. The maximum Gasteiger partial charge on any atom is 0.150 e. The van der Waals surface area contributed by atoms with E-state index in [1.165, 1.54) is 0 Å². The molecule has 0 aromatic heterocycles. The van der Waals surface area contributed by atoms with Crippen LogP contribution in [0, 0.1) is 5.92 Å². The van der Waals surface area contributed by atoms with E-state index in [0.29, 0.717) is 31.1 Å². The van der Waals surface area contributed by atoms with E-state index in [1.54, 1.807) is 12.1 Å². The number of hydrogen-bond donors (Lipinski definition) is 1. The minimum absolute atomic E-state index is 0.304. The minimum atomic E-state index is -0.759. The molecular weight excluding hydrogens is 278 g/mol. The first-order chi connectivity index (χ1) is 10.6. The van der Waals surface area contributed by atoms with Crippen LogP contribution in [-0.4, -0.2) is 48.1 Å². The molecule has 4 heteroatoms. The second-order valence-corrected chi connectivity index (χ2v) is 6.42. The van der Waals surface area contributed by atoms with Crippen molar-refractivity contribution in [3.05, 3.63) is 42.0 Å². The third-order valence-electron chi connectivity index (χ3n) is 4.91. The average molecular weight is 301 g/mol. The molecule has 1 aromatic carbocycles. The monoisotopic (exact) mass is 301 g/mol. The summed E-state index contributed by atoms with van der Waals surface area (Å²) < 4.78 is 5.94. The van der Waals surface area contributed by atoms with E-state index < -0.39 is 5.60 Å². The van der Waals surface area contributed by atoms with Crippen molar-refractivity contribution in [1.29, 1.82) is 0 Å². The summed E-state index contributed by atoms with van der Waals surface area (Å²) in [5.41, 5.74) is 0.806. The van der Waals surface area contributed by atoms with Gasteiger partial charge in [-0.1, -0.05) is 6.08 Å². The Kier molecular flexibility index (Phi) is 4.32. The van der Waals surface area contributed by atoms with Crippen molar-refractivity contribution in [2.24, 2.45) is 5.92 Å². The second-order valence-electron chi connectivity index (χ2n) is 6.42. The fourth-order valence-electron chi connectivity index (χ4n) is 3.64. The average Bonchev–Trinajstić information content (AvgIpc) is 2.55. The Balaban J connectivity index is 1.73. The van der Waals surface area contributed by atoms with Gasteiger partial charge < -0.3 is 14.7 Å². The highest BCUT2D eigenvalue weighted by atomic mass is 16.5. The van der Waals surface area contributed by atoms with Crippen molar-refractivity contribution in [2.75, 3.05) is 26.2 Å². The maximum atomic E-state index is 10.9. The zero-order chi connectivity index (χ0) is 15.6. The van der Waals surface area contributed by atoms with Crippen LogP contribution < -0.4 is 4.74 Å². The molecule has 1 aromatic rings. The zero-order valence-corrected chi connectivity index (χ0v) is 12.8. The van der Waals surface area contributed by atoms with Crippen LogP contribution in [0.4, 0.5) is 0 Å². The minimum Gasteiger partial charge on any atom is -0.490 e. The Morgan fingerprint density at radius 2 is 2.18 bits per heavy atom. The van der Waals surface area contributed by atoms with Gasteiger partial charge >= 0.3 is 0 Å². The van der Waals surface area contributed by atoms with Crippen LogP contribution >= 0.6 is 0 Å². The van der Waals surface area contributed by atoms with E-state index in [9.17, 15) is 9.90 Å². The van der Waals surface area contributed by atoms with Crippen LogP contribution in [0.5, 0.6) is 5.75 Å². The van der Waals surface area contributed by atoms with E-state index in [-0.39, 0.29) is 0 Å². The fourth-order valence-corrected chi connectivity index (χ4v) is 3.64. The number of carbonyl (C=O) groups excluding carboxylic acids is 1. The zero-order valence-electron chi connectivity index (χ0n) is 12.8. The second kappa shape index (κ2) is 6.23. The number of rotatable bonds is 6. The highest BCUT2D eigenvalue weighted by Gasteiger charge is 2.46. The summed E-state index contributed by atoms with van der Waals surface area (Å²) in [4.78, 5) is 13.2. The van der Waals surface area contributed by atoms with Crippen LogP contribution in [0.15, 0.2) is 30.9 Å². The van der Waals surface area contributed by atoms with Gasteiger partial charge in [0, 0.05) is 12.1 Å². The highest BCUT2D eigenvalue weighted by Crippen LogP contribution is 2.36. The third kappa shape index (κ3) is 2.94. The van der Waals surface area contributed by atoms with Crippen molar-refractivity contribution in [1.82, 2.24) is 4.90 Å². The van der Waals surface area contributed by atoms with Gasteiger partial charge in [0.15, 0.2) is 0 Å². The normalized spacial score (nSPS) is 30.0. The number of nitrogens with zero attached hydrogens (tertiary/aromatic N) is 1. The lowest BCUT2D eigenvalue weighted by atomic mass is 9.76. The SMILES string of the molecule is C=CCc1cc(C=O)ccc1OCC1(O)CN2CCC1CC2. The van der Waals surface area contributed by atoms with Crippen LogP contribution in [-0.2, 0) is 6.42 Å². The highest BCUT2D eigenvalue weighted by molar-refractivity contribution is 5.75. The number of piperidine rings is 3. The van der Waals surface area contributed by atoms with Gasteiger partial charge in [-0.3, -0.25) is 4.79 Å². The quantitative estimate of drug-likeness (QED) is 0.645. The number of fused-ring (bicyclic) bond motifs is 3. The van der Waals surface area contributed by atoms with Crippen molar-refractivity contribution in [3.8, 4) is 5.75 Å². The number of hydrogen-bond acceptors (Lipinski definition) is 4. The Morgan fingerprint density at radius 3 is 2.77 bits per heavy atom. The summed E-state index contributed by atoms with van der Waals surface area (Å²) in [7, 11) is 0. The first-order valence-electron chi connectivity index (χ1n) is 7.91. The molecule has 0 aliphatic carbocycles. The molecule has 118 valence electrons. The first-order valence-corrected chi connectivity index (χ1v) is 7.91. The van der Waals surface area contributed by atoms with Crippen LogP contribution in [0.3, 0.4) is 0 Å². The Bertz CT molecular complexity index is 563. The summed E-state index contributed by atoms with van der Waals surface area (Å²) >= 11 is 0. The Labute approximate surface area is 131 Å². The summed E-state index contributed by atoms with van der Waals surface area (Å²) in [6.45, 7) is 6.92. The van der Waals surface area contributed by atoms with E-state index in [2.05, 4.69) is 11.5 Å². The van der Waals surface area contributed by atoms with Gasteiger partial charge in [0.2, 0.25) is 0 Å². The molecule has 0 amide bonds. The number of carbonyl (C=O) groups is 1. The van der Waals surface area contributed by atoms with Crippen molar-refractivity contribution < 1.29 is 14.6 Å². The van der Waals surface area contributed by atoms with Crippen LogP contribution in [0.25, 0.3) is 0 Å². The van der Waals surface area contributed by atoms with Crippen molar-refractivity contribution >= 4 is 6.29 Å². The molecule has 3 aliphatic heterocycles. The van der Waals surface area contributed by atoms with E-state index in [1.807, 2.05) is 12.1 Å². The first kappa shape index (κ1) is 15.3. The standard InChI is InChI=1S/C18H23NO3/c1-2-3-15-10-14(11-20)4-5-17(15)22-13-18(21)12-19-8-6-16(18)7-9-19/h2,4-5,10-11,16,21H,1,3,6-9,12-13H2. The predicted octanol–water partition coefficient (Wildman–Crippen LogP) is 2.06. The van der Waals surface area contributed by atoms with Crippen molar-refractivity contribution in [3.63, 3.8) is 0 Å². The number of ether oxygens (including phenoxy) is 1. The molecule has 3 saturated heterocycles. The molecule has 3 aliphatic rings. The molecule has 22 heavy (non-hydrogen) atoms. The van der Waals surface area contributed by atoms with Crippen molar-refractivity contribution in [2.45, 2.75) is 24.9 Å².